The molecule has 1 amide bonds. The van der Waals surface area contributed by atoms with Gasteiger partial charge in [-0.3, -0.25) is 4.79 Å². The number of rotatable bonds is 7. The van der Waals surface area contributed by atoms with Crippen molar-refractivity contribution in [2.45, 2.75) is 51.5 Å². The van der Waals surface area contributed by atoms with E-state index in [0.29, 0.717) is 39.0 Å². The number of carbonyl (C=O) groups excluding carboxylic acids is 1. The van der Waals surface area contributed by atoms with E-state index in [0.717, 1.165) is 29.0 Å². The number of ether oxygens (including phenoxy) is 1. The van der Waals surface area contributed by atoms with Crippen LogP contribution in [-0.2, 0) is 10.0 Å². The van der Waals surface area contributed by atoms with E-state index in [1.54, 1.807) is 18.7 Å². The Labute approximate surface area is 190 Å². The van der Waals surface area contributed by atoms with Gasteiger partial charge in [-0.2, -0.15) is 4.31 Å². The van der Waals surface area contributed by atoms with Gasteiger partial charge in [0.15, 0.2) is 0 Å². The van der Waals surface area contributed by atoms with Crippen LogP contribution in [0.15, 0.2) is 41.3 Å². The number of para-hydroxylation sites is 1. The number of carbonyl (C=O) groups is 1. The zero-order valence-electron chi connectivity index (χ0n) is 19.1. The van der Waals surface area contributed by atoms with E-state index in [1.807, 2.05) is 32.0 Å². The van der Waals surface area contributed by atoms with Gasteiger partial charge < -0.3 is 9.64 Å². The molecule has 0 atom stereocenters. The molecule has 8 heteroatoms. The van der Waals surface area contributed by atoms with Crippen LogP contribution in [-0.4, -0.2) is 55.8 Å². The van der Waals surface area contributed by atoms with Crippen LogP contribution in [0, 0.1) is 19.7 Å². The van der Waals surface area contributed by atoms with Crippen molar-refractivity contribution in [1.29, 1.82) is 0 Å². The highest BCUT2D eigenvalue weighted by atomic mass is 32.2. The zero-order chi connectivity index (χ0) is 23.5. The second-order valence-electron chi connectivity index (χ2n) is 8.06. The molecule has 1 aliphatic rings. The third-order valence-electron chi connectivity index (χ3n) is 5.93. The minimum atomic E-state index is -3.78. The Kier molecular flexibility index (Phi) is 7.56. The summed E-state index contributed by atoms with van der Waals surface area (Å²) in [6.45, 7) is 8.91. The van der Waals surface area contributed by atoms with Crippen LogP contribution in [0.1, 0.15) is 48.2 Å². The van der Waals surface area contributed by atoms with E-state index < -0.39 is 21.7 Å². The Bertz CT molecular complexity index is 1060. The van der Waals surface area contributed by atoms with Gasteiger partial charge in [0.2, 0.25) is 10.0 Å². The summed E-state index contributed by atoms with van der Waals surface area (Å²) in [6.07, 6.45) is 1.22. The van der Waals surface area contributed by atoms with Crippen molar-refractivity contribution in [3.05, 3.63) is 58.9 Å². The molecule has 2 aromatic rings. The first-order valence-corrected chi connectivity index (χ1v) is 12.4. The summed E-state index contributed by atoms with van der Waals surface area (Å²) in [4.78, 5) is 14.5. The largest absolute Gasteiger partial charge is 0.490 e. The van der Waals surface area contributed by atoms with E-state index >= 15 is 0 Å². The van der Waals surface area contributed by atoms with Crippen molar-refractivity contribution in [2.75, 3.05) is 26.2 Å². The molecule has 0 bridgehead atoms. The highest BCUT2D eigenvalue weighted by Gasteiger charge is 2.29. The first kappa shape index (κ1) is 24.2. The van der Waals surface area contributed by atoms with E-state index in [4.69, 9.17) is 4.74 Å². The normalized spacial score (nSPS) is 15.2. The van der Waals surface area contributed by atoms with Crippen molar-refractivity contribution >= 4 is 15.9 Å². The van der Waals surface area contributed by atoms with Gasteiger partial charge in [0.25, 0.3) is 5.91 Å². The molecule has 0 N–H and O–H groups in total. The number of likely N-dealkylation sites (tertiary alicyclic amines) is 1. The highest BCUT2D eigenvalue weighted by Crippen LogP contribution is 2.27. The van der Waals surface area contributed by atoms with Crippen LogP contribution < -0.4 is 4.74 Å². The van der Waals surface area contributed by atoms with E-state index in [1.165, 1.54) is 10.4 Å². The van der Waals surface area contributed by atoms with Gasteiger partial charge >= 0.3 is 0 Å². The SMILES string of the molecule is CCN(CC)S(=O)(=O)c1ccc(F)c(C(=O)N2CCC(Oc3c(C)cccc3C)CC2)c1. The van der Waals surface area contributed by atoms with Crippen LogP contribution in [0.25, 0.3) is 0 Å². The lowest BCUT2D eigenvalue weighted by Crippen LogP contribution is -2.42. The lowest BCUT2D eigenvalue weighted by molar-refractivity contribution is 0.0588. The number of aryl methyl sites for hydroxylation is 2. The number of hydrogen-bond donors (Lipinski definition) is 0. The Morgan fingerprint density at radius 1 is 1.09 bits per heavy atom. The fourth-order valence-electron chi connectivity index (χ4n) is 4.04. The summed E-state index contributed by atoms with van der Waals surface area (Å²) in [5.41, 5.74) is 1.92. The van der Waals surface area contributed by atoms with Gasteiger partial charge in [-0.25, -0.2) is 12.8 Å². The molecule has 6 nitrogen and oxygen atoms in total. The summed E-state index contributed by atoms with van der Waals surface area (Å²) in [5.74, 6) is -0.343. The molecule has 0 aliphatic carbocycles. The molecular weight excluding hydrogens is 431 g/mol. The Morgan fingerprint density at radius 3 is 2.25 bits per heavy atom. The molecule has 1 fully saturated rings. The van der Waals surface area contributed by atoms with E-state index in [2.05, 4.69) is 0 Å². The summed E-state index contributed by atoms with van der Waals surface area (Å²) in [7, 11) is -3.78. The maximum Gasteiger partial charge on any atom is 0.256 e. The lowest BCUT2D eigenvalue weighted by atomic mass is 10.0. The number of amides is 1. The van der Waals surface area contributed by atoms with Crippen LogP contribution in [0.4, 0.5) is 4.39 Å². The first-order valence-electron chi connectivity index (χ1n) is 11.0. The standard InChI is InChI=1S/C24H31FN2O4S/c1-5-27(6-2)32(29,30)20-10-11-22(25)21(16-20)24(28)26-14-12-19(13-15-26)31-23-17(3)8-7-9-18(23)4/h7-11,16,19H,5-6,12-15H2,1-4H3. The van der Waals surface area contributed by atoms with Crippen molar-refractivity contribution in [3.63, 3.8) is 0 Å². The Hall–Kier alpha value is -2.45. The smallest absolute Gasteiger partial charge is 0.256 e. The molecule has 0 spiro atoms. The molecule has 1 aliphatic heterocycles. The minimum absolute atomic E-state index is 0.0296. The third kappa shape index (κ3) is 4.96. The molecule has 0 aromatic heterocycles. The summed E-state index contributed by atoms with van der Waals surface area (Å²) in [6, 6.07) is 9.42. The first-order chi connectivity index (χ1) is 15.2. The minimum Gasteiger partial charge on any atom is -0.490 e. The molecule has 1 saturated heterocycles. The molecule has 2 aromatic carbocycles. The molecule has 32 heavy (non-hydrogen) atoms. The van der Waals surface area contributed by atoms with Crippen molar-refractivity contribution in [2.24, 2.45) is 0 Å². The second kappa shape index (κ2) is 10.0. The molecule has 0 unspecified atom stereocenters. The number of piperidine rings is 1. The third-order valence-corrected chi connectivity index (χ3v) is 7.98. The fraction of sp³-hybridized carbons (Fsp3) is 0.458. The summed E-state index contributed by atoms with van der Waals surface area (Å²) in [5, 5.41) is 0. The van der Waals surface area contributed by atoms with Gasteiger partial charge in [0.05, 0.1) is 10.5 Å². The number of nitrogens with zero attached hydrogens (tertiary/aromatic N) is 2. The summed E-state index contributed by atoms with van der Waals surface area (Å²) < 4.78 is 47.6. The number of sulfonamides is 1. The molecular formula is C24H31FN2O4S. The average molecular weight is 463 g/mol. The van der Waals surface area contributed by atoms with E-state index in [9.17, 15) is 17.6 Å². The van der Waals surface area contributed by atoms with Gasteiger partial charge in [-0.05, 0) is 43.2 Å². The second-order valence-corrected chi connectivity index (χ2v) is 10.00. The molecule has 174 valence electrons. The number of hydrogen-bond acceptors (Lipinski definition) is 4. The molecule has 0 saturated carbocycles. The number of halogens is 1. The van der Waals surface area contributed by atoms with E-state index in [-0.39, 0.29) is 16.6 Å². The van der Waals surface area contributed by atoms with Gasteiger partial charge in [0.1, 0.15) is 17.7 Å². The van der Waals surface area contributed by atoms with Crippen molar-refractivity contribution in [1.82, 2.24) is 9.21 Å². The zero-order valence-corrected chi connectivity index (χ0v) is 19.9. The Morgan fingerprint density at radius 2 is 1.69 bits per heavy atom. The van der Waals surface area contributed by atoms with Crippen molar-refractivity contribution in [3.8, 4) is 5.75 Å². The van der Waals surface area contributed by atoms with Crippen molar-refractivity contribution < 1.29 is 22.3 Å². The van der Waals surface area contributed by atoms with Crippen LogP contribution in [0.3, 0.4) is 0 Å². The molecule has 0 radical (unpaired) electrons. The fourth-order valence-corrected chi connectivity index (χ4v) is 5.52. The van der Waals surface area contributed by atoms with Crippen LogP contribution >= 0.6 is 0 Å². The lowest BCUT2D eigenvalue weighted by Gasteiger charge is -2.33. The summed E-state index contributed by atoms with van der Waals surface area (Å²) >= 11 is 0. The molecule has 1 heterocycles. The monoisotopic (exact) mass is 462 g/mol. The maximum absolute atomic E-state index is 14.5. The number of benzene rings is 2. The predicted octanol–water partition coefficient (Wildman–Crippen LogP) is 4.16. The Balaban J connectivity index is 1.72. The van der Waals surface area contributed by atoms with Gasteiger partial charge in [0, 0.05) is 39.0 Å². The average Bonchev–Trinajstić information content (AvgIpc) is 2.77. The quantitative estimate of drug-likeness (QED) is 0.620. The topological polar surface area (TPSA) is 66.9 Å². The maximum atomic E-state index is 14.5. The highest BCUT2D eigenvalue weighted by molar-refractivity contribution is 7.89. The van der Waals surface area contributed by atoms with Crippen LogP contribution in [0.5, 0.6) is 5.75 Å². The van der Waals surface area contributed by atoms with Gasteiger partial charge in [-0.15, -0.1) is 0 Å². The van der Waals surface area contributed by atoms with Gasteiger partial charge in [-0.1, -0.05) is 32.0 Å². The van der Waals surface area contributed by atoms with Crippen LogP contribution in [0.2, 0.25) is 0 Å². The predicted molar refractivity (Wildman–Crippen MR) is 122 cm³/mol. The molecule has 3 rings (SSSR count).